The second-order valence-corrected chi connectivity index (χ2v) is 24.6. The molecule has 0 unspecified atom stereocenters. The van der Waals surface area contributed by atoms with Crippen molar-refractivity contribution in [3.05, 3.63) is 132 Å². The van der Waals surface area contributed by atoms with Crippen molar-refractivity contribution in [2.75, 3.05) is 26.2 Å². The maximum atomic E-state index is 12.1. The molecule has 0 radical (unpaired) electrons. The highest BCUT2D eigenvalue weighted by molar-refractivity contribution is 5.71. The number of phenolic OH excluding ortho intramolecular Hbond substituents is 1. The van der Waals surface area contributed by atoms with Gasteiger partial charge in [0.05, 0.1) is 79.3 Å². The maximum Gasteiger partial charge on any atom is 0.410 e. The molecule has 0 bridgehead atoms. The lowest BCUT2D eigenvalue weighted by atomic mass is 9.93. The largest absolute Gasteiger partial charge is 0.508 e. The third-order valence-electron chi connectivity index (χ3n) is 13.0. The van der Waals surface area contributed by atoms with Gasteiger partial charge < -0.3 is 48.8 Å². The summed E-state index contributed by atoms with van der Waals surface area (Å²) in [6, 6.07) is 23.3. The molecule has 4 amide bonds. The summed E-state index contributed by atoms with van der Waals surface area (Å²) in [4.78, 5) is 71.2. The summed E-state index contributed by atoms with van der Waals surface area (Å²) in [6.07, 6.45) is 1.70. The molecule has 0 aliphatic carbocycles. The highest BCUT2D eigenvalue weighted by Gasteiger charge is 2.32. The van der Waals surface area contributed by atoms with E-state index in [1.165, 1.54) is 17.2 Å². The number of amides is 4. The van der Waals surface area contributed by atoms with Gasteiger partial charge in [0, 0.05) is 26.2 Å². The van der Waals surface area contributed by atoms with Gasteiger partial charge in [0.25, 0.3) is 0 Å². The van der Waals surface area contributed by atoms with Crippen LogP contribution in [0.4, 0.5) is 19.2 Å². The van der Waals surface area contributed by atoms with E-state index in [9.17, 15) is 45.2 Å². The van der Waals surface area contributed by atoms with Crippen LogP contribution in [0.25, 0.3) is 0 Å². The number of fused-ring (bicyclic) bond motifs is 4. The molecule has 20 nitrogen and oxygen atoms in total. The molecule has 20 heteroatoms. The Bertz CT molecular complexity index is 3040. The van der Waals surface area contributed by atoms with Crippen molar-refractivity contribution in [3.63, 3.8) is 0 Å². The van der Waals surface area contributed by atoms with E-state index in [0.717, 1.165) is 62.9 Å². The first-order valence-corrected chi connectivity index (χ1v) is 27.5. The predicted molar refractivity (Wildman–Crippen MR) is 328 cm³/mol. The molecular formula is C67H90N8O12. The molecule has 8 rings (SSSR count). The van der Waals surface area contributed by atoms with Gasteiger partial charge >= 0.3 is 30.5 Å². The van der Waals surface area contributed by atoms with E-state index in [0.29, 0.717) is 87.5 Å². The number of benzene rings is 4. The molecule has 4 heterocycles. The van der Waals surface area contributed by atoms with Gasteiger partial charge in [-0.3, -0.25) is 0 Å². The van der Waals surface area contributed by atoms with Gasteiger partial charge in [-0.15, -0.1) is 0 Å². The van der Waals surface area contributed by atoms with Gasteiger partial charge in [0.2, 0.25) is 0 Å². The molecular weight excluding hydrogens is 1110 g/mol. The fourth-order valence-corrected chi connectivity index (χ4v) is 9.46. The van der Waals surface area contributed by atoms with Crippen LogP contribution >= 0.6 is 0 Å². The lowest BCUT2D eigenvalue weighted by Gasteiger charge is -2.31. The van der Waals surface area contributed by atoms with Crippen molar-refractivity contribution >= 4 is 30.5 Å². The molecule has 4 aliphatic rings. The van der Waals surface area contributed by atoms with Crippen LogP contribution in [0.5, 0.6) is 5.75 Å². The Labute approximate surface area is 515 Å². The van der Waals surface area contributed by atoms with Crippen LogP contribution in [0, 0.1) is 59.2 Å². The number of nitriles is 4. The van der Waals surface area contributed by atoms with Crippen LogP contribution in [0.2, 0.25) is 0 Å². The summed E-state index contributed by atoms with van der Waals surface area (Å²) in [6.45, 7) is 29.9. The second kappa shape index (κ2) is 32.5. The normalized spacial score (nSPS) is 13.5. The van der Waals surface area contributed by atoms with E-state index >= 15 is 0 Å². The fourth-order valence-electron chi connectivity index (χ4n) is 9.46. The van der Waals surface area contributed by atoms with Crippen molar-refractivity contribution in [1.29, 1.82) is 21.0 Å². The highest BCUT2D eigenvalue weighted by Crippen LogP contribution is 2.31. The van der Waals surface area contributed by atoms with E-state index in [-0.39, 0.29) is 65.2 Å². The number of rotatable bonds is 1. The minimum absolute atomic E-state index is 0. The van der Waals surface area contributed by atoms with Crippen LogP contribution in [0.1, 0.15) is 189 Å². The summed E-state index contributed by atoms with van der Waals surface area (Å²) in [7, 11) is 0. The Morgan fingerprint density at radius 3 is 0.931 bits per heavy atom. The zero-order chi connectivity index (χ0) is 63.1. The standard InChI is InChI=1S/C16H20N2O3.2C16H20N2O2.C15H18N2O3.CO2.3CH4/c1-16(2,3)21-15(20)18-5-4-12-6-11(10-19)7-13(8-17)14(12)9-18;2*1-11-7-12-5-6-18(15(19)20-16(2,3)4)10-14(12)13(8-11)9-17;1-15(2,3)20-14(19)17-5-4-10-6-12(18)7-11(8-16)13(10)9-17;2-1-3;;;/h6-7,19H,4-5,9-10H2,1-3H3;2*7-8H,5-6,10H2,1-4H3;6-7,18H,4-5,9H2,1-3H3;;3*1H4. The molecule has 4 aromatic rings. The molecule has 87 heavy (non-hydrogen) atoms. The van der Waals surface area contributed by atoms with E-state index in [1.54, 1.807) is 31.7 Å². The molecule has 2 N–H and O–H groups in total. The highest BCUT2D eigenvalue weighted by atomic mass is 16.6. The van der Waals surface area contributed by atoms with Crippen LogP contribution in [0.3, 0.4) is 0 Å². The minimum Gasteiger partial charge on any atom is -0.508 e. The topological polar surface area (TPSA) is 288 Å². The number of aryl methyl sites for hydroxylation is 2. The van der Waals surface area contributed by atoms with Crippen molar-refractivity contribution in [3.8, 4) is 30.0 Å². The van der Waals surface area contributed by atoms with E-state index in [4.69, 9.17) is 33.8 Å². The number of ether oxygens (including phenoxy) is 4. The number of nitrogens with zero attached hydrogens (tertiary/aromatic N) is 8. The fraction of sp³-hybridized carbons (Fsp3) is 0.507. The van der Waals surface area contributed by atoms with Crippen LogP contribution in [-0.4, -0.2) is 109 Å². The Morgan fingerprint density at radius 1 is 0.437 bits per heavy atom. The first kappa shape index (κ1) is 76.1. The van der Waals surface area contributed by atoms with Crippen LogP contribution < -0.4 is 0 Å². The number of aromatic hydroxyl groups is 1. The minimum atomic E-state index is -0.537. The summed E-state index contributed by atoms with van der Waals surface area (Å²) < 4.78 is 21.5. The number of phenols is 1. The van der Waals surface area contributed by atoms with Gasteiger partial charge in [-0.25, -0.2) is 19.2 Å². The Hall–Kier alpha value is -8.94. The van der Waals surface area contributed by atoms with Gasteiger partial charge in [-0.05, 0) is 214 Å². The van der Waals surface area contributed by atoms with Crippen LogP contribution in [-0.2, 0) is 87.0 Å². The average Bonchev–Trinajstić information content (AvgIpc) is 1.16. The third-order valence-corrected chi connectivity index (χ3v) is 13.0. The average molecular weight is 1200 g/mol. The van der Waals surface area contributed by atoms with Crippen molar-refractivity contribution in [2.24, 2.45) is 0 Å². The van der Waals surface area contributed by atoms with Gasteiger partial charge in [-0.1, -0.05) is 40.5 Å². The van der Waals surface area contributed by atoms with E-state index in [2.05, 4.69) is 36.4 Å². The molecule has 4 aromatic carbocycles. The second-order valence-electron chi connectivity index (χ2n) is 24.6. The number of hydrogen-bond acceptors (Lipinski definition) is 16. The van der Waals surface area contributed by atoms with Crippen LogP contribution in [0.15, 0.2) is 48.5 Å². The van der Waals surface area contributed by atoms with Crippen molar-refractivity contribution in [1.82, 2.24) is 19.6 Å². The summed E-state index contributed by atoms with van der Waals surface area (Å²) in [5, 5.41) is 55.7. The zero-order valence-electron chi connectivity index (χ0n) is 50.9. The molecule has 0 aromatic heterocycles. The molecule has 470 valence electrons. The smallest absolute Gasteiger partial charge is 0.410 e. The van der Waals surface area contributed by atoms with Crippen molar-refractivity contribution < 1.29 is 57.9 Å². The summed E-state index contributed by atoms with van der Waals surface area (Å²) in [5.74, 6) is 0.0889. The molecule has 0 spiro atoms. The molecule has 4 aliphatic heterocycles. The Balaban J connectivity index is 0.000000564. The van der Waals surface area contributed by atoms with Gasteiger partial charge in [-0.2, -0.15) is 30.6 Å². The Kier molecular flexibility index (Phi) is 28.4. The monoisotopic (exact) mass is 1200 g/mol. The summed E-state index contributed by atoms with van der Waals surface area (Å²) in [5.41, 5.74) is 10.9. The zero-order valence-corrected chi connectivity index (χ0v) is 50.9. The van der Waals surface area contributed by atoms with E-state index < -0.39 is 22.4 Å². The quantitative estimate of drug-likeness (QED) is 0.167. The molecule has 0 saturated carbocycles. The first-order valence-electron chi connectivity index (χ1n) is 27.5. The Morgan fingerprint density at radius 2 is 0.678 bits per heavy atom. The van der Waals surface area contributed by atoms with Gasteiger partial charge in [0.15, 0.2) is 0 Å². The SMILES string of the molecule is C.C.C.CC(C)(C)OC(=O)N1CCc2cc(CO)cc(C#N)c2C1.CC(C)(C)OC(=O)N1CCc2cc(O)cc(C#N)c2C1.Cc1cc(C#N)c2c(c1)CCN(C(=O)OC(C)(C)C)C2.Cc1cc(C#N)c2c(c1)CCN(C(=O)OC(C)(C)C)C2.O=C=O. The molecule has 0 fully saturated rings. The first-order chi connectivity index (χ1) is 39.1. The predicted octanol–water partition coefficient (Wildman–Crippen LogP) is 12.5. The van der Waals surface area contributed by atoms with Crippen molar-refractivity contribution in [2.45, 2.75) is 200 Å². The number of carbonyl (C=O) groups is 4. The number of hydrogen-bond donors (Lipinski definition) is 2. The maximum absolute atomic E-state index is 12.1. The summed E-state index contributed by atoms with van der Waals surface area (Å²) >= 11 is 0. The lowest BCUT2D eigenvalue weighted by Crippen LogP contribution is -2.40. The third kappa shape index (κ3) is 23.1. The number of aliphatic hydroxyl groups excluding tert-OH is 1. The van der Waals surface area contributed by atoms with Gasteiger partial charge in [0.1, 0.15) is 28.2 Å². The molecule has 0 saturated heterocycles. The van der Waals surface area contributed by atoms with E-state index in [1.807, 2.05) is 115 Å². The molecule has 0 atom stereocenters. The number of aliphatic hydroxyl groups is 1. The number of carbonyl (C=O) groups excluding carboxylic acids is 6. The lowest BCUT2D eigenvalue weighted by molar-refractivity contribution is -0.191.